The van der Waals surface area contributed by atoms with Gasteiger partial charge in [-0.2, -0.15) is 13.2 Å². The summed E-state index contributed by atoms with van der Waals surface area (Å²) in [7, 11) is 0. The first-order valence-corrected chi connectivity index (χ1v) is 5.64. The monoisotopic (exact) mass is 244 g/mol. The molecule has 0 saturated heterocycles. The molecule has 0 spiro atoms. The van der Waals surface area contributed by atoms with E-state index in [-0.39, 0.29) is 12.5 Å². The Morgan fingerprint density at radius 2 is 2.12 bits per heavy atom. The first-order chi connectivity index (χ1) is 7.99. The van der Waals surface area contributed by atoms with Gasteiger partial charge in [-0.15, -0.1) is 0 Å². The molecule has 0 fully saturated rings. The molecule has 0 aromatic heterocycles. The molecular weight excluding hydrogens is 229 g/mol. The average Bonchev–Trinajstić information content (AvgIpc) is 2.65. The molecule has 2 rings (SSSR count). The molecule has 2 N–H and O–H groups in total. The van der Waals surface area contributed by atoms with Crippen LogP contribution in [0.2, 0.25) is 0 Å². The van der Waals surface area contributed by atoms with Crippen molar-refractivity contribution in [3.05, 3.63) is 29.3 Å². The van der Waals surface area contributed by atoms with E-state index >= 15 is 0 Å². The summed E-state index contributed by atoms with van der Waals surface area (Å²) in [5, 5.41) is 0. The van der Waals surface area contributed by atoms with Crippen LogP contribution in [0, 0.1) is 0 Å². The maximum atomic E-state index is 12.9. The number of nitrogens with zero attached hydrogens (tertiary/aromatic N) is 1. The molecule has 2 nitrogen and oxygen atoms in total. The van der Waals surface area contributed by atoms with Gasteiger partial charge in [0.15, 0.2) is 0 Å². The fourth-order valence-electron chi connectivity index (χ4n) is 2.45. The molecule has 1 atom stereocenters. The van der Waals surface area contributed by atoms with Crippen molar-refractivity contribution in [1.82, 2.24) is 0 Å². The zero-order chi connectivity index (χ0) is 12.6. The quantitative estimate of drug-likeness (QED) is 0.866. The van der Waals surface area contributed by atoms with E-state index in [1.54, 1.807) is 6.07 Å². The summed E-state index contributed by atoms with van der Waals surface area (Å²) in [6.45, 7) is 3.46. The fourth-order valence-corrected chi connectivity index (χ4v) is 2.45. The van der Waals surface area contributed by atoms with Gasteiger partial charge in [-0.25, -0.2) is 0 Å². The molecular formula is C12H15F3N2. The highest BCUT2D eigenvalue weighted by molar-refractivity contribution is 5.63. The van der Waals surface area contributed by atoms with Crippen molar-refractivity contribution in [1.29, 1.82) is 0 Å². The van der Waals surface area contributed by atoms with Crippen LogP contribution in [0.3, 0.4) is 0 Å². The van der Waals surface area contributed by atoms with Gasteiger partial charge in [0.05, 0.1) is 5.56 Å². The Morgan fingerprint density at radius 3 is 2.65 bits per heavy atom. The van der Waals surface area contributed by atoms with Crippen LogP contribution in [-0.2, 0) is 6.18 Å². The predicted octanol–water partition coefficient (Wildman–Crippen LogP) is 2.59. The Morgan fingerprint density at radius 1 is 1.41 bits per heavy atom. The van der Waals surface area contributed by atoms with Gasteiger partial charge in [0, 0.05) is 31.2 Å². The standard InChI is InChI=1S/C12H15F3N2/c1-2-17-7-8(6-16)11-9(12(13,14)15)4-3-5-10(11)17/h3-5,8H,2,6-7,16H2,1H3. The smallest absolute Gasteiger partial charge is 0.371 e. The molecule has 0 amide bonds. The summed E-state index contributed by atoms with van der Waals surface area (Å²) in [6.07, 6.45) is -4.30. The zero-order valence-electron chi connectivity index (χ0n) is 9.59. The second-order valence-corrected chi connectivity index (χ2v) is 4.21. The van der Waals surface area contributed by atoms with Gasteiger partial charge in [-0.05, 0) is 24.6 Å². The minimum atomic E-state index is -4.30. The first-order valence-electron chi connectivity index (χ1n) is 5.64. The van der Waals surface area contributed by atoms with Gasteiger partial charge in [0.25, 0.3) is 0 Å². The summed E-state index contributed by atoms with van der Waals surface area (Å²) in [4.78, 5) is 1.95. The van der Waals surface area contributed by atoms with Crippen molar-refractivity contribution in [2.75, 3.05) is 24.5 Å². The van der Waals surface area contributed by atoms with E-state index in [4.69, 9.17) is 5.73 Å². The number of hydrogen-bond acceptors (Lipinski definition) is 2. The second-order valence-electron chi connectivity index (χ2n) is 4.21. The fraction of sp³-hybridized carbons (Fsp3) is 0.500. The molecule has 1 aromatic carbocycles. The molecule has 0 saturated carbocycles. The topological polar surface area (TPSA) is 29.3 Å². The molecule has 1 heterocycles. The largest absolute Gasteiger partial charge is 0.416 e. The molecule has 1 unspecified atom stereocenters. The van der Waals surface area contributed by atoms with Crippen molar-refractivity contribution >= 4 is 5.69 Å². The Kier molecular flexibility index (Phi) is 3.03. The third kappa shape index (κ3) is 1.99. The van der Waals surface area contributed by atoms with Crippen LogP contribution in [0.4, 0.5) is 18.9 Å². The molecule has 5 heteroatoms. The summed E-state index contributed by atoms with van der Waals surface area (Å²) in [5.41, 5.74) is 6.09. The van der Waals surface area contributed by atoms with E-state index in [0.29, 0.717) is 24.3 Å². The van der Waals surface area contributed by atoms with E-state index in [0.717, 1.165) is 6.07 Å². The van der Waals surface area contributed by atoms with E-state index in [1.165, 1.54) is 6.07 Å². The minimum Gasteiger partial charge on any atom is -0.371 e. The zero-order valence-corrected chi connectivity index (χ0v) is 9.59. The van der Waals surface area contributed by atoms with Crippen molar-refractivity contribution in [2.24, 2.45) is 5.73 Å². The highest BCUT2D eigenvalue weighted by Crippen LogP contribution is 2.43. The minimum absolute atomic E-state index is 0.220. The van der Waals surface area contributed by atoms with Gasteiger partial charge in [0.1, 0.15) is 0 Å². The van der Waals surface area contributed by atoms with E-state index in [9.17, 15) is 13.2 Å². The SMILES string of the molecule is CCN1CC(CN)c2c1cccc2C(F)(F)F. The number of anilines is 1. The number of nitrogens with two attached hydrogens (primary N) is 1. The summed E-state index contributed by atoms with van der Waals surface area (Å²) in [6, 6.07) is 4.34. The first kappa shape index (κ1) is 12.2. The molecule has 1 aliphatic rings. The highest BCUT2D eigenvalue weighted by atomic mass is 19.4. The van der Waals surface area contributed by atoms with Crippen molar-refractivity contribution in [3.8, 4) is 0 Å². The summed E-state index contributed by atoms with van der Waals surface area (Å²) in [5.74, 6) is -0.220. The van der Waals surface area contributed by atoms with Crippen LogP contribution in [0.25, 0.3) is 0 Å². The molecule has 1 aliphatic heterocycles. The third-order valence-corrected chi connectivity index (χ3v) is 3.24. The van der Waals surface area contributed by atoms with Crippen LogP contribution in [0.5, 0.6) is 0 Å². The normalized spacial score (nSPS) is 19.6. The number of likely N-dealkylation sites (N-methyl/N-ethyl adjacent to an activating group) is 1. The van der Waals surface area contributed by atoms with Crippen LogP contribution >= 0.6 is 0 Å². The average molecular weight is 244 g/mol. The third-order valence-electron chi connectivity index (χ3n) is 3.24. The number of benzene rings is 1. The van der Waals surface area contributed by atoms with E-state index in [2.05, 4.69) is 0 Å². The van der Waals surface area contributed by atoms with Crippen LogP contribution in [0.1, 0.15) is 24.0 Å². The van der Waals surface area contributed by atoms with E-state index < -0.39 is 11.7 Å². The predicted molar refractivity (Wildman–Crippen MR) is 61.1 cm³/mol. The maximum Gasteiger partial charge on any atom is 0.416 e. The lowest BCUT2D eigenvalue weighted by atomic mass is 9.95. The van der Waals surface area contributed by atoms with Gasteiger partial charge in [-0.3, -0.25) is 0 Å². The molecule has 0 radical (unpaired) electrons. The lowest BCUT2D eigenvalue weighted by molar-refractivity contribution is -0.138. The van der Waals surface area contributed by atoms with Crippen LogP contribution in [-0.4, -0.2) is 19.6 Å². The Bertz CT molecular complexity index is 415. The number of fused-ring (bicyclic) bond motifs is 1. The Labute approximate surface area is 98.2 Å². The lowest BCUT2D eigenvalue weighted by Gasteiger charge is -2.17. The molecule has 1 aromatic rings. The molecule has 0 bridgehead atoms. The number of hydrogen-bond donors (Lipinski definition) is 1. The lowest BCUT2D eigenvalue weighted by Crippen LogP contribution is -2.24. The Balaban J connectivity index is 2.56. The maximum absolute atomic E-state index is 12.9. The van der Waals surface area contributed by atoms with Gasteiger partial charge < -0.3 is 10.6 Å². The van der Waals surface area contributed by atoms with Crippen molar-refractivity contribution in [3.63, 3.8) is 0 Å². The van der Waals surface area contributed by atoms with Gasteiger partial charge >= 0.3 is 6.18 Å². The summed E-state index contributed by atoms with van der Waals surface area (Å²) < 4.78 is 38.8. The van der Waals surface area contributed by atoms with Gasteiger partial charge in [-0.1, -0.05) is 6.07 Å². The number of halogens is 3. The second kappa shape index (κ2) is 4.22. The number of alkyl halides is 3. The molecule has 0 aliphatic carbocycles. The molecule has 17 heavy (non-hydrogen) atoms. The Hall–Kier alpha value is -1.23. The van der Waals surface area contributed by atoms with Crippen molar-refractivity contribution < 1.29 is 13.2 Å². The molecule has 94 valence electrons. The number of rotatable bonds is 2. The van der Waals surface area contributed by atoms with Crippen LogP contribution < -0.4 is 10.6 Å². The van der Waals surface area contributed by atoms with Gasteiger partial charge in [0.2, 0.25) is 0 Å². The highest BCUT2D eigenvalue weighted by Gasteiger charge is 2.39. The van der Waals surface area contributed by atoms with Crippen LogP contribution in [0.15, 0.2) is 18.2 Å². The summed E-state index contributed by atoms with van der Waals surface area (Å²) >= 11 is 0. The van der Waals surface area contributed by atoms with Crippen molar-refractivity contribution in [2.45, 2.75) is 19.0 Å². The van der Waals surface area contributed by atoms with E-state index in [1.807, 2.05) is 11.8 Å².